The largest absolute Gasteiger partial charge is 0.393 e. The number of hydrogen-bond donors (Lipinski definition) is 11. The second-order valence-electron chi connectivity index (χ2n) is 14.8. The summed E-state index contributed by atoms with van der Waals surface area (Å²) in [7, 11) is -2.22. The number of aromatic nitrogens is 1. The third kappa shape index (κ3) is 9.35. The van der Waals surface area contributed by atoms with Gasteiger partial charge in [-0.05, 0) is 39.3 Å². The van der Waals surface area contributed by atoms with Gasteiger partial charge in [0.2, 0.25) is 41.4 Å². The van der Waals surface area contributed by atoms with Crippen LogP contribution in [0.1, 0.15) is 46.1 Å². The van der Waals surface area contributed by atoms with Crippen LogP contribution in [0.4, 0.5) is 0 Å². The van der Waals surface area contributed by atoms with Gasteiger partial charge in [0.1, 0.15) is 47.3 Å². The Morgan fingerprint density at radius 1 is 0.857 bits per heavy atom. The summed E-state index contributed by atoms with van der Waals surface area (Å²) in [6, 6.07) is -4.05. The van der Waals surface area contributed by atoms with Gasteiger partial charge in [-0.25, -0.2) is 0 Å². The standard InChI is InChI=1S/C35H48N8O12S/c1-15-27(47)38-22-10-20-19-7-5-6-8-21(19)41-33(20)56(55)13-24(34(53)43-12-18(46)9-25(43)31(51)37-15)40-32(52)26(17(3)45)42-28(48)16(2)36-30(50)23(39-29(22)49)11-35(4,54)14-44/h5-8,15-18,22-26,41,44-46,54H,9-14H2,1-4H3,(H,36,50)(H,37,51)(H,38,47)(H,39,49)(H,40,52)(H,42,48). The predicted octanol–water partition coefficient (Wildman–Crippen LogP) is -4.73. The minimum atomic E-state index is -2.22. The molecule has 0 saturated carbocycles. The SMILES string of the molecule is CC1NC(=O)C(CC(C)(O)CO)NC(=O)C2Cc3c([nH]c4ccccc34)S(=O)CC(NC(=O)C(C(C)O)NC1=O)C(=O)N1CC(O)CC1C(=O)NC(C)C(=O)N2. The molecule has 1 fully saturated rings. The molecular weight excluding hydrogens is 756 g/mol. The van der Waals surface area contributed by atoms with E-state index in [9.17, 15) is 58.2 Å². The van der Waals surface area contributed by atoms with E-state index >= 15 is 0 Å². The Kier molecular flexibility index (Phi) is 12.8. The fourth-order valence-corrected chi connectivity index (χ4v) is 8.27. The third-order valence-corrected chi connectivity index (χ3v) is 11.5. The molecule has 0 spiro atoms. The first kappa shape index (κ1) is 42.2. The van der Waals surface area contributed by atoms with Gasteiger partial charge in [-0.1, -0.05) is 18.2 Å². The van der Waals surface area contributed by atoms with Gasteiger partial charge in [-0.3, -0.25) is 37.8 Å². The highest BCUT2D eigenvalue weighted by atomic mass is 32.2. The number of amides is 7. The highest BCUT2D eigenvalue weighted by molar-refractivity contribution is 7.85. The number of fused-ring (bicyclic) bond motifs is 5. The van der Waals surface area contributed by atoms with Crippen molar-refractivity contribution < 1.29 is 58.2 Å². The van der Waals surface area contributed by atoms with Crippen LogP contribution in [0.3, 0.4) is 0 Å². The lowest BCUT2D eigenvalue weighted by molar-refractivity contribution is -0.142. The van der Waals surface area contributed by atoms with E-state index in [1.807, 2.05) is 0 Å². The minimum Gasteiger partial charge on any atom is -0.393 e. The summed E-state index contributed by atoms with van der Waals surface area (Å²) in [6.07, 6.45) is -3.99. The number of nitrogens with zero attached hydrogens (tertiary/aromatic N) is 1. The fraction of sp³-hybridized carbons (Fsp3) is 0.571. The van der Waals surface area contributed by atoms with Crippen molar-refractivity contribution in [2.24, 2.45) is 0 Å². The Balaban J connectivity index is 1.72. The minimum absolute atomic E-state index is 0.00764. The Morgan fingerprint density at radius 2 is 1.48 bits per heavy atom. The molecule has 11 atom stereocenters. The average molecular weight is 805 g/mol. The molecule has 56 heavy (non-hydrogen) atoms. The van der Waals surface area contributed by atoms with Gasteiger partial charge in [-0.2, -0.15) is 0 Å². The molecule has 1 saturated heterocycles. The summed E-state index contributed by atoms with van der Waals surface area (Å²) in [4.78, 5) is 101. The van der Waals surface area contributed by atoms with E-state index in [0.29, 0.717) is 10.9 Å². The van der Waals surface area contributed by atoms with Crippen molar-refractivity contribution >= 4 is 63.1 Å². The second-order valence-corrected chi connectivity index (χ2v) is 16.3. The molecule has 2 aromatic rings. The number of carbonyl (C=O) groups excluding carboxylic acids is 7. The average Bonchev–Trinajstić information content (AvgIpc) is 3.71. The molecule has 2 bridgehead atoms. The molecule has 0 aliphatic carbocycles. The smallest absolute Gasteiger partial charge is 0.246 e. The Hall–Kier alpha value is -4.96. The zero-order valence-corrected chi connectivity index (χ0v) is 32.0. The highest BCUT2D eigenvalue weighted by Crippen LogP contribution is 2.28. The molecule has 11 N–H and O–H groups in total. The summed E-state index contributed by atoms with van der Waals surface area (Å²) >= 11 is 0. The van der Waals surface area contributed by atoms with Gasteiger partial charge < -0.3 is 62.2 Å². The van der Waals surface area contributed by atoms with Crippen molar-refractivity contribution in [3.8, 4) is 0 Å². The first-order valence-electron chi connectivity index (χ1n) is 18.1. The maximum atomic E-state index is 14.5. The van der Waals surface area contributed by atoms with Gasteiger partial charge >= 0.3 is 0 Å². The van der Waals surface area contributed by atoms with E-state index in [1.165, 1.54) is 27.7 Å². The van der Waals surface area contributed by atoms with Crippen LogP contribution < -0.4 is 31.9 Å². The van der Waals surface area contributed by atoms with Crippen LogP contribution in [-0.2, 0) is 50.8 Å². The lowest BCUT2D eigenvalue weighted by Crippen LogP contribution is -2.62. The molecule has 5 rings (SSSR count). The molecule has 7 amide bonds. The number of aliphatic hydroxyl groups excluding tert-OH is 3. The zero-order valence-electron chi connectivity index (χ0n) is 31.2. The maximum Gasteiger partial charge on any atom is 0.246 e. The number of rotatable bonds is 4. The van der Waals surface area contributed by atoms with E-state index < -0.39 is 131 Å². The van der Waals surface area contributed by atoms with Gasteiger partial charge in [0.05, 0.1) is 41.0 Å². The van der Waals surface area contributed by atoms with Crippen LogP contribution in [-0.4, -0.2) is 155 Å². The van der Waals surface area contributed by atoms with Crippen LogP contribution in [0, 0.1) is 0 Å². The molecule has 3 aliphatic rings. The monoisotopic (exact) mass is 804 g/mol. The van der Waals surface area contributed by atoms with Crippen LogP contribution in [0.25, 0.3) is 10.9 Å². The summed E-state index contributed by atoms with van der Waals surface area (Å²) < 4.78 is 14.5. The summed E-state index contributed by atoms with van der Waals surface area (Å²) in [5, 5.41) is 57.1. The van der Waals surface area contributed by atoms with Crippen LogP contribution in [0.5, 0.6) is 0 Å². The molecular formula is C35H48N8O12S. The molecule has 4 heterocycles. The Labute approximate surface area is 323 Å². The number of aliphatic hydroxyl groups is 4. The predicted molar refractivity (Wildman–Crippen MR) is 196 cm³/mol. The Bertz CT molecular complexity index is 1920. The first-order chi connectivity index (χ1) is 26.3. The second kappa shape index (κ2) is 17.0. The van der Waals surface area contributed by atoms with Crippen molar-refractivity contribution in [2.75, 3.05) is 18.9 Å². The van der Waals surface area contributed by atoms with Gasteiger partial charge in [0, 0.05) is 36.7 Å². The highest BCUT2D eigenvalue weighted by Gasteiger charge is 2.44. The molecule has 11 unspecified atom stereocenters. The van der Waals surface area contributed by atoms with E-state index in [1.54, 1.807) is 24.3 Å². The van der Waals surface area contributed by atoms with E-state index in [2.05, 4.69) is 36.9 Å². The van der Waals surface area contributed by atoms with Crippen molar-refractivity contribution in [3.05, 3.63) is 29.8 Å². The van der Waals surface area contributed by atoms with Crippen LogP contribution >= 0.6 is 0 Å². The lowest BCUT2D eigenvalue weighted by Gasteiger charge is -2.31. The van der Waals surface area contributed by atoms with Crippen molar-refractivity contribution in [2.45, 2.75) is 112 Å². The maximum absolute atomic E-state index is 14.5. The van der Waals surface area contributed by atoms with Gasteiger partial charge in [-0.15, -0.1) is 0 Å². The molecule has 0 radical (unpaired) electrons. The van der Waals surface area contributed by atoms with Crippen molar-refractivity contribution in [1.29, 1.82) is 0 Å². The molecule has 20 nitrogen and oxygen atoms in total. The normalized spacial score (nSPS) is 31.8. The van der Waals surface area contributed by atoms with Crippen LogP contribution in [0.15, 0.2) is 29.3 Å². The topological polar surface area (TPSA) is 309 Å². The summed E-state index contributed by atoms with van der Waals surface area (Å²) in [6.45, 7) is 3.73. The van der Waals surface area contributed by atoms with Gasteiger partial charge in [0.15, 0.2) is 0 Å². The van der Waals surface area contributed by atoms with E-state index in [-0.39, 0.29) is 30.0 Å². The first-order valence-corrected chi connectivity index (χ1v) is 19.4. The molecule has 1 aromatic heterocycles. The number of aromatic amines is 1. The number of nitrogens with one attached hydrogen (secondary N) is 7. The van der Waals surface area contributed by atoms with E-state index in [0.717, 1.165) is 4.90 Å². The fourth-order valence-electron chi connectivity index (χ4n) is 6.88. The summed E-state index contributed by atoms with van der Waals surface area (Å²) in [5.41, 5.74) is -1.22. The Morgan fingerprint density at radius 3 is 2.14 bits per heavy atom. The van der Waals surface area contributed by atoms with Crippen molar-refractivity contribution in [3.63, 3.8) is 0 Å². The molecule has 3 aliphatic heterocycles. The molecule has 21 heteroatoms. The number of hydrogen-bond acceptors (Lipinski definition) is 12. The number of carbonyl (C=O) groups is 7. The number of benzene rings is 1. The van der Waals surface area contributed by atoms with Gasteiger partial charge in [0.25, 0.3) is 0 Å². The van der Waals surface area contributed by atoms with Crippen LogP contribution in [0.2, 0.25) is 0 Å². The number of para-hydroxylation sites is 1. The lowest BCUT2D eigenvalue weighted by atomic mass is 9.96. The van der Waals surface area contributed by atoms with E-state index in [4.69, 9.17) is 0 Å². The summed E-state index contributed by atoms with van der Waals surface area (Å²) in [5.74, 6) is -7.35. The molecule has 306 valence electrons. The molecule has 1 aromatic carbocycles. The quantitative estimate of drug-likeness (QED) is 0.139. The van der Waals surface area contributed by atoms with Crippen molar-refractivity contribution in [1.82, 2.24) is 41.8 Å². The number of H-pyrrole nitrogens is 1. The zero-order chi connectivity index (χ0) is 41.2. The third-order valence-electron chi connectivity index (χ3n) is 10.0.